The summed E-state index contributed by atoms with van der Waals surface area (Å²) in [6.45, 7) is 1.95. The lowest BCUT2D eigenvalue weighted by molar-refractivity contribution is -0.115. The van der Waals surface area contributed by atoms with Crippen LogP contribution in [0.1, 0.15) is 11.3 Å². The normalized spacial score (nSPS) is 10.5. The molecule has 0 radical (unpaired) electrons. The fourth-order valence-electron chi connectivity index (χ4n) is 2.39. The largest absolute Gasteiger partial charge is 0.348 e. The van der Waals surface area contributed by atoms with Gasteiger partial charge in [-0.3, -0.25) is 4.79 Å². The second kappa shape index (κ2) is 6.44. The van der Waals surface area contributed by atoms with Crippen molar-refractivity contribution in [3.8, 4) is 11.3 Å². The van der Waals surface area contributed by atoms with Crippen LogP contribution in [-0.2, 0) is 11.2 Å². The van der Waals surface area contributed by atoms with Gasteiger partial charge in [-0.2, -0.15) is 0 Å². The van der Waals surface area contributed by atoms with E-state index in [4.69, 9.17) is 0 Å². The van der Waals surface area contributed by atoms with E-state index in [1.165, 1.54) is 12.1 Å². The summed E-state index contributed by atoms with van der Waals surface area (Å²) in [6, 6.07) is 13.4. The molecule has 3 aromatic rings. The average molecular weight is 309 g/mol. The molecular formula is C18H16FN3O. The molecule has 1 heterocycles. The number of carbonyl (C=O) groups excluding carboxylic acids is 1. The highest BCUT2D eigenvalue weighted by molar-refractivity contribution is 5.92. The topological polar surface area (TPSA) is 57.8 Å². The highest BCUT2D eigenvalue weighted by Crippen LogP contribution is 2.23. The minimum absolute atomic E-state index is 0.146. The molecule has 116 valence electrons. The highest BCUT2D eigenvalue weighted by Gasteiger charge is 2.08. The van der Waals surface area contributed by atoms with Gasteiger partial charge in [0, 0.05) is 16.9 Å². The molecule has 0 atom stereocenters. The molecule has 0 unspecified atom stereocenters. The quantitative estimate of drug-likeness (QED) is 0.772. The van der Waals surface area contributed by atoms with Crippen molar-refractivity contribution in [2.24, 2.45) is 0 Å². The van der Waals surface area contributed by atoms with Gasteiger partial charge < -0.3 is 10.3 Å². The molecule has 0 spiro atoms. The number of anilines is 1. The summed E-state index contributed by atoms with van der Waals surface area (Å²) in [5.74, 6) is -0.455. The number of nitrogens with zero attached hydrogens (tertiary/aromatic N) is 1. The van der Waals surface area contributed by atoms with E-state index in [0.29, 0.717) is 5.69 Å². The van der Waals surface area contributed by atoms with Crippen LogP contribution in [0.4, 0.5) is 10.1 Å². The van der Waals surface area contributed by atoms with Gasteiger partial charge in [-0.15, -0.1) is 0 Å². The number of halogens is 1. The van der Waals surface area contributed by atoms with E-state index in [1.807, 2.05) is 31.2 Å². The molecule has 2 aromatic carbocycles. The zero-order valence-corrected chi connectivity index (χ0v) is 12.6. The van der Waals surface area contributed by atoms with Gasteiger partial charge in [0.1, 0.15) is 5.82 Å². The van der Waals surface area contributed by atoms with Gasteiger partial charge in [0.2, 0.25) is 5.91 Å². The number of rotatable bonds is 4. The number of benzene rings is 2. The maximum absolute atomic E-state index is 12.9. The molecule has 5 heteroatoms. The van der Waals surface area contributed by atoms with Crippen LogP contribution in [0.2, 0.25) is 0 Å². The number of nitrogens with one attached hydrogen (secondary N) is 2. The Morgan fingerprint density at radius 3 is 2.70 bits per heavy atom. The number of carbonyl (C=O) groups is 1. The van der Waals surface area contributed by atoms with Crippen molar-refractivity contribution in [3.63, 3.8) is 0 Å². The molecule has 4 nitrogen and oxygen atoms in total. The highest BCUT2D eigenvalue weighted by atomic mass is 19.1. The summed E-state index contributed by atoms with van der Waals surface area (Å²) in [7, 11) is 0. The molecule has 1 amide bonds. The number of amides is 1. The lowest BCUT2D eigenvalue weighted by Crippen LogP contribution is -2.14. The van der Waals surface area contributed by atoms with E-state index in [1.54, 1.807) is 18.5 Å². The van der Waals surface area contributed by atoms with Crippen molar-refractivity contribution < 1.29 is 9.18 Å². The van der Waals surface area contributed by atoms with Crippen LogP contribution >= 0.6 is 0 Å². The first-order chi connectivity index (χ1) is 11.1. The van der Waals surface area contributed by atoms with Crippen LogP contribution in [0.25, 0.3) is 11.3 Å². The van der Waals surface area contributed by atoms with Crippen LogP contribution in [0.15, 0.2) is 54.9 Å². The SMILES string of the molecule is Cc1[nH]cnc1-c1cccc(NC(=O)Cc2ccc(F)cc2)c1. The Hall–Kier alpha value is -2.95. The third kappa shape index (κ3) is 3.63. The molecular weight excluding hydrogens is 293 g/mol. The smallest absolute Gasteiger partial charge is 0.228 e. The summed E-state index contributed by atoms with van der Waals surface area (Å²) in [5.41, 5.74) is 4.24. The molecule has 2 N–H and O–H groups in total. The van der Waals surface area contributed by atoms with Crippen molar-refractivity contribution in [1.82, 2.24) is 9.97 Å². The molecule has 1 aromatic heterocycles. The molecule has 3 rings (SSSR count). The molecule has 0 bridgehead atoms. The maximum Gasteiger partial charge on any atom is 0.228 e. The van der Waals surface area contributed by atoms with Gasteiger partial charge in [0.25, 0.3) is 0 Å². The molecule has 23 heavy (non-hydrogen) atoms. The number of H-pyrrole nitrogens is 1. The number of imidazole rings is 1. The first kappa shape index (κ1) is 15.0. The number of hydrogen-bond donors (Lipinski definition) is 2. The second-order valence-electron chi connectivity index (χ2n) is 5.31. The van der Waals surface area contributed by atoms with Gasteiger partial charge >= 0.3 is 0 Å². The fourth-order valence-corrected chi connectivity index (χ4v) is 2.39. The Bertz CT molecular complexity index is 824. The average Bonchev–Trinajstić information content (AvgIpc) is 2.96. The molecule has 0 aliphatic rings. The number of hydrogen-bond acceptors (Lipinski definition) is 2. The Labute approximate surface area is 133 Å². The molecule has 0 aliphatic heterocycles. The van der Waals surface area contributed by atoms with Crippen LogP contribution in [-0.4, -0.2) is 15.9 Å². The zero-order valence-electron chi connectivity index (χ0n) is 12.6. The molecule has 0 saturated carbocycles. The molecule has 0 fully saturated rings. The zero-order chi connectivity index (χ0) is 16.2. The van der Waals surface area contributed by atoms with E-state index in [0.717, 1.165) is 22.5 Å². The van der Waals surface area contributed by atoms with Gasteiger partial charge in [-0.25, -0.2) is 9.37 Å². The van der Waals surface area contributed by atoms with Crippen molar-refractivity contribution >= 4 is 11.6 Å². The lowest BCUT2D eigenvalue weighted by Gasteiger charge is -2.07. The predicted octanol–water partition coefficient (Wildman–Crippen LogP) is 3.71. The summed E-state index contributed by atoms with van der Waals surface area (Å²) in [6.07, 6.45) is 1.84. The van der Waals surface area contributed by atoms with Gasteiger partial charge in [-0.05, 0) is 36.8 Å². The van der Waals surface area contributed by atoms with Crippen molar-refractivity contribution in [2.75, 3.05) is 5.32 Å². The Balaban J connectivity index is 1.71. The Morgan fingerprint density at radius 2 is 2.00 bits per heavy atom. The second-order valence-corrected chi connectivity index (χ2v) is 5.31. The number of aromatic nitrogens is 2. The van der Waals surface area contributed by atoms with E-state index in [-0.39, 0.29) is 18.1 Å². The van der Waals surface area contributed by atoms with Crippen molar-refractivity contribution in [1.29, 1.82) is 0 Å². The number of aryl methyl sites for hydroxylation is 1. The van der Waals surface area contributed by atoms with E-state index >= 15 is 0 Å². The molecule has 0 saturated heterocycles. The van der Waals surface area contributed by atoms with E-state index in [9.17, 15) is 9.18 Å². The Kier molecular flexibility index (Phi) is 4.19. The Morgan fingerprint density at radius 1 is 1.22 bits per heavy atom. The van der Waals surface area contributed by atoms with E-state index < -0.39 is 0 Å². The minimum Gasteiger partial charge on any atom is -0.348 e. The first-order valence-corrected chi connectivity index (χ1v) is 7.26. The van der Waals surface area contributed by atoms with Crippen molar-refractivity contribution in [2.45, 2.75) is 13.3 Å². The molecule has 0 aliphatic carbocycles. The summed E-state index contributed by atoms with van der Waals surface area (Å²) >= 11 is 0. The fraction of sp³-hybridized carbons (Fsp3) is 0.111. The summed E-state index contributed by atoms with van der Waals surface area (Å²) in [5, 5.41) is 2.86. The predicted molar refractivity (Wildman–Crippen MR) is 87.5 cm³/mol. The van der Waals surface area contributed by atoms with Crippen LogP contribution in [0.3, 0.4) is 0 Å². The van der Waals surface area contributed by atoms with Gasteiger partial charge in [0.05, 0.1) is 18.4 Å². The minimum atomic E-state index is -0.309. The number of aromatic amines is 1. The summed E-state index contributed by atoms with van der Waals surface area (Å²) < 4.78 is 12.9. The van der Waals surface area contributed by atoms with Crippen molar-refractivity contribution in [3.05, 3.63) is 71.9 Å². The maximum atomic E-state index is 12.9. The van der Waals surface area contributed by atoms with Crippen LogP contribution < -0.4 is 5.32 Å². The summed E-state index contributed by atoms with van der Waals surface area (Å²) in [4.78, 5) is 19.4. The monoisotopic (exact) mass is 309 g/mol. The van der Waals surface area contributed by atoms with Gasteiger partial charge in [-0.1, -0.05) is 24.3 Å². The van der Waals surface area contributed by atoms with Crippen LogP contribution in [0, 0.1) is 12.7 Å². The van der Waals surface area contributed by atoms with Gasteiger partial charge in [0.15, 0.2) is 0 Å². The third-order valence-electron chi connectivity index (χ3n) is 3.53. The van der Waals surface area contributed by atoms with Crippen LogP contribution in [0.5, 0.6) is 0 Å². The lowest BCUT2D eigenvalue weighted by atomic mass is 10.1. The van der Waals surface area contributed by atoms with E-state index in [2.05, 4.69) is 15.3 Å². The third-order valence-corrected chi connectivity index (χ3v) is 3.53. The first-order valence-electron chi connectivity index (χ1n) is 7.26. The standard InChI is InChI=1S/C18H16FN3O/c1-12-18(21-11-20-12)14-3-2-4-16(10-14)22-17(23)9-13-5-7-15(19)8-6-13/h2-8,10-11H,9H2,1H3,(H,20,21)(H,22,23).